The Morgan fingerprint density at radius 2 is 1.59 bits per heavy atom. The van der Waals surface area contributed by atoms with Crippen LogP contribution in [0.25, 0.3) is 0 Å². The van der Waals surface area contributed by atoms with Gasteiger partial charge < -0.3 is 0 Å². The fourth-order valence-electron chi connectivity index (χ4n) is 4.42. The summed E-state index contributed by atoms with van der Waals surface area (Å²) in [6.07, 6.45) is 12.7. The summed E-state index contributed by atoms with van der Waals surface area (Å²) in [5, 5.41) is 0.200. The molecule has 2 aliphatic carbocycles. The largest absolute Gasteiger partial charge is 0.294 e. The average molecular weight is 530 g/mol. The molecule has 0 fully saturated rings. The third-order valence-electron chi connectivity index (χ3n) is 6.44. The van der Waals surface area contributed by atoms with Crippen molar-refractivity contribution in [2.24, 2.45) is 5.92 Å². The van der Waals surface area contributed by atoms with Gasteiger partial charge in [-0.2, -0.15) is 0 Å². The molecule has 1 nitrogen and oxygen atoms in total. The molecule has 0 saturated heterocycles. The van der Waals surface area contributed by atoms with Crippen LogP contribution in [-0.4, -0.2) is 11.0 Å². The van der Waals surface area contributed by atoms with Crippen molar-refractivity contribution in [2.75, 3.05) is 0 Å². The molecule has 0 heterocycles. The van der Waals surface area contributed by atoms with Crippen molar-refractivity contribution in [3.63, 3.8) is 0 Å². The van der Waals surface area contributed by atoms with Crippen LogP contribution in [0.1, 0.15) is 28.8 Å². The lowest BCUT2D eigenvalue weighted by Gasteiger charge is -2.18. The quantitative estimate of drug-likeness (QED) is 0.215. The van der Waals surface area contributed by atoms with Gasteiger partial charge in [0.15, 0.2) is 10.7 Å². The lowest BCUT2D eigenvalue weighted by Crippen LogP contribution is -2.22. The Balaban J connectivity index is 1.26. The number of carbonyl (C=O) groups is 1. The highest BCUT2D eigenvalue weighted by Crippen LogP contribution is 2.35. The van der Waals surface area contributed by atoms with Crippen LogP contribution in [0.3, 0.4) is 0 Å². The van der Waals surface area contributed by atoms with Crippen LogP contribution in [0.4, 0.5) is 8.78 Å². The summed E-state index contributed by atoms with van der Waals surface area (Å²) >= 11 is 1.69. The monoisotopic (exact) mass is 529 g/mol. The second kappa shape index (κ2) is 11.9. The molecular formula is C32H27F2OS2+. The standard InChI is InChI=1S/C32H27F2OS2/c33-26-10-6-23(7-11-26)22-37(30-18-12-27(34)13-19-30)31-20-16-29(17-21-31)36-28-14-8-25(9-15-28)32(35)24-4-2-1-3-5-24/h1-8,10-18,20-21,25,30H,9,19,22H2/q+1. The van der Waals surface area contributed by atoms with E-state index in [9.17, 15) is 13.6 Å². The Hall–Kier alpha value is -3.15. The normalized spacial score (nSPS) is 19.7. The summed E-state index contributed by atoms with van der Waals surface area (Å²) in [6.45, 7) is 0. The van der Waals surface area contributed by atoms with Gasteiger partial charge in [-0.1, -0.05) is 72.5 Å². The fraction of sp³-hybridized carbons (Fsp3) is 0.156. The maximum atomic E-state index is 13.6. The molecule has 0 aromatic heterocycles. The summed E-state index contributed by atoms with van der Waals surface area (Å²) in [6, 6.07) is 24.7. The Kier molecular flexibility index (Phi) is 8.22. The molecule has 186 valence electrons. The number of rotatable bonds is 8. The van der Waals surface area contributed by atoms with E-state index in [2.05, 4.69) is 30.3 Å². The minimum Gasteiger partial charge on any atom is -0.294 e. The van der Waals surface area contributed by atoms with Crippen LogP contribution in [0.5, 0.6) is 0 Å². The Morgan fingerprint density at radius 1 is 0.838 bits per heavy atom. The fourth-order valence-corrected chi connectivity index (χ4v) is 7.65. The third-order valence-corrected chi connectivity index (χ3v) is 10.1. The van der Waals surface area contributed by atoms with Crippen LogP contribution in [0, 0.1) is 11.7 Å². The molecule has 3 aromatic carbocycles. The van der Waals surface area contributed by atoms with Crippen molar-refractivity contribution >= 4 is 28.4 Å². The van der Waals surface area contributed by atoms with Crippen molar-refractivity contribution in [1.29, 1.82) is 0 Å². The minimum absolute atomic E-state index is 0.120. The molecule has 2 aliphatic rings. The molecule has 0 spiro atoms. The molecular weight excluding hydrogens is 502 g/mol. The van der Waals surface area contributed by atoms with E-state index < -0.39 is 0 Å². The van der Waals surface area contributed by atoms with Crippen molar-refractivity contribution in [3.05, 3.63) is 143 Å². The van der Waals surface area contributed by atoms with Gasteiger partial charge in [-0.3, -0.25) is 4.79 Å². The van der Waals surface area contributed by atoms with Crippen molar-refractivity contribution < 1.29 is 13.6 Å². The molecule has 0 radical (unpaired) electrons. The molecule has 3 aromatic rings. The van der Waals surface area contributed by atoms with Crippen LogP contribution < -0.4 is 0 Å². The number of hydrogen-bond donors (Lipinski definition) is 0. The molecule has 0 amide bonds. The van der Waals surface area contributed by atoms with Gasteiger partial charge in [0.1, 0.15) is 22.6 Å². The highest BCUT2D eigenvalue weighted by atomic mass is 32.2. The molecule has 3 atom stereocenters. The van der Waals surface area contributed by atoms with E-state index >= 15 is 0 Å². The highest BCUT2D eigenvalue weighted by molar-refractivity contribution is 8.03. The predicted molar refractivity (Wildman–Crippen MR) is 151 cm³/mol. The predicted octanol–water partition coefficient (Wildman–Crippen LogP) is 8.62. The number of Topliss-reactive ketones (excluding diaryl/α,β-unsaturated/α-hetero) is 1. The first kappa shape index (κ1) is 25.5. The lowest BCUT2D eigenvalue weighted by atomic mass is 9.92. The number of hydrogen-bond acceptors (Lipinski definition) is 2. The van der Waals surface area contributed by atoms with Gasteiger partial charge in [0.25, 0.3) is 0 Å². The van der Waals surface area contributed by atoms with E-state index in [-0.39, 0.29) is 39.5 Å². The van der Waals surface area contributed by atoms with Gasteiger partial charge in [-0.15, -0.1) is 0 Å². The Labute approximate surface area is 224 Å². The summed E-state index contributed by atoms with van der Waals surface area (Å²) in [5.74, 6) is 0.387. The van der Waals surface area contributed by atoms with Crippen LogP contribution in [-0.2, 0) is 16.6 Å². The first-order chi connectivity index (χ1) is 18.0. The SMILES string of the molecule is O=C(c1ccccc1)C1C=CC(Sc2ccc([S+](Cc3ccc(F)cc3)C3C=CC(F)=CC3)cc2)=CC1. The minimum atomic E-state index is -0.241. The zero-order valence-electron chi connectivity index (χ0n) is 20.2. The summed E-state index contributed by atoms with van der Waals surface area (Å²) in [5.41, 5.74) is 1.82. The van der Waals surface area contributed by atoms with Crippen LogP contribution in [0.15, 0.2) is 136 Å². The van der Waals surface area contributed by atoms with Gasteiger partial charge in [0, 0.05) is 44.2 Å². The summed E-state index contributed by atoms with van der Waals surface area (Å²) < 4.78 is 27.1. The van der Waals surface area contributed by atoms with Crippen molar-refractivity contribution in [3.8, 4) is 0 Å². The number of halogens is 2. The Bertz CT molecular complexity index is 1360. The first-order valence-electron chi connectivity index (χ1n) is 12.3. The smallest absolute Gasteiger partial charge is 0.170 e. The van der Waals surface area contributed by atoms with Crippen molar-refractivity contribution in [2.45, 2.75) is 33.6 Å². The average Bonchev–Trinajstić information content (AvgIpc) is 2.94. The number of benzene rings is 3. The van der Waals surface area contributed by atoms with E-state index in [4.69, 9.17) is 0 Å². The molecule has 5 rings (SSSR count). The van der Waals surface area contributed by atoms with E-state index in [1.54, 1.807) is 23.9 Å². The maximum Gasteiger partial charge on any atom is 0.170 e. The molecule has 0 aliphatic heterocycles. The van der Waals surface area contributed by atoms with Crippen LogP contribution >= 0.6 is 11.8 Å². The number of carbonyl (C=O) groups excluding carboxylic acids is 1. The van der Waals surface area contributed by atoms with Gasteiger partial charge >= 0.3 is 0 Å². The molecule has 0 bridgehead atoms. The highest BCUT2D eigenvalue weighted by Gasteiger charge is 2.32. The molecule has 37 heavy (non-hydrogen) atoms. The molecule has 0 N–H and O–H groups in total. The second-order valence-electron chi connectivity index (χ2n) is 9.03. The number of thioether (sulfide) groups is 1. The first-order valence-corrected chi connectivity index (χ1v) is 14.6. The van der Waals surface area contributed by atoms with Crippen molar-refractivity contribution in [1.82, 2.24) is 0 Å². The van der Waals surface area contributed by atoms with E-state index in [0.717, 1.165) is 26.7 Å². The number of allylic oxidation sites excluding steroid dienone is 6. The lowest BCUT2D eigenvalue weighted by molar-refractivity contribution is 0.0945. The third kappa shape index (κ3) is 6.60. The van der Waals surface area contributed by atoms with Gasteiger partial charge in [0.2, 0.25) is 0 Å². The maximum absolute atomic E-state index is 13.6. The molecule has 0 saturated carbocycles. The molecule has 3 unspecified atom stereocenters. The van der Waals surface area contributed by atoms with E-state index in [0.29, 0.717) is 12.8 Å². The van der Waals surface area contributed by atoms with Gasteiger partial charge in [-0.05, 0) is 61.0 Å². The topological polar surface area (TPSA) is 17.1 Å². The second-order valence-corrected chi connectivity index (χ2v) is 12.4. The zero-order valence-corrected chi connectivity index (χ0v) is 21.9. The molecule has 5 heteroatoms. The number of ketones is 1. The van der Waals surface area contributed by atoms with Crippen LogP contribution in [0.2, 0.25) is 0 Å². The van der Waals surface area contributed by atoms with Gasteiger partial charge in [-0.25, -0.2) is 8.78 Å². The zero-order chi connectivity index (χ0) is 25.6. The summed E-state index contributed by atoms with van der Waals surface area (Å²) in [7, 11) is -0.186. The van der Waals surface area contributed by atoms with Gasteiger partial charge in [0.05, 0.1) is 0 Å². The Morgan fingerprint density at radius 3 is 2.24 bits per heavy atom. The van der Waals surface area contributed by atoms with E-state index in [1.807, 2.05) is 60.7 Å². The summed E-state index contributed by atoms with van der Waals surface area (Å²) in [4.78, 5) is 16.2. The van der Waals surface area contributed by atoms with E-state index in [1.165, 1.54) is 17.0 Å².